The first-order valence-electron chi connectivity index (χ1n) is 11.0. The number of rotatable bonds is 7. The van der Waals surface area contributed by atoms with Crippen LogP contribution in [0.25, 0.3) is 16.9 Å². The zero-order valence-electron chi connectivity index (χ0n) is 19.4. The minimum atomic E-state index is -4.53. The molecule has 3 heterocycles. The van der Waals surface area contributed by atoms with Gasteiger partial charge in [-0.3, -0.25) is 14.3 Å². The molecule has 0 spiro atoms. The first kappa shape index (κ1) is 24.3. The van der Waals surface area contributed by atoms with Crippen LogP contribution in [0.1, 0.15) is 47.1 Å². The number of carbonyl (C=O) groups excluding carboxylic acids is 1. The summed E-state index contributed by atoms with van der Waals surface area (Å²) in [6.45, 7) is 5.57. The van der Waals surface area contributed by atoms with E-state index in [9.17, 15) is 18.0 Å². The Balaban J connectivity index is 1.61. The van der Waals surface area contributed by atoms with Gasteiger partial charge in [0, 0.05) is 42.3 Å². The molecular weight excluding hydrogens is 459 g/mol. The van der Waals surface area contributed by atoms with Crippen molar-refractivity contribution in [2.24, 2.45) is 0 Å². The molecule has 35 heavy (non-hydrogen) atoms. The van der Waals surface area contributed by atoms with Gasteiger partial charge >= 0.3 is 6.18 Å². The van der Waals surface area contributed by atoms with Crippen LogP contribution in [0, 0.1) is 6.92 Å². The van der Waals surface area contributed by atoms with Crippen molar-refractivity contribution in [1.29, 1.82) is 0 Å². The average molecular weight is 483 g/mol. The summed E-state index contributed by atoms with van der Waals surface area (Å²) in [5, 5.41) is 3.62. The second-order valence-electron chi connectivity index (χ2n) is 8.29. The number of nitrogens with zero attached hydrogens (tertiary/aromatic N) is 4. The second kappa shape index (κ2) is 9.83. The van der Waals surface area contributed by atoms with Crippen LogP contribution in [-0.2, 0) is 10.9 Å². The maximum Gasteiger partial charge on any atom is 0.433 e. The predicted octanol–water partition coefficient (Wildman–Crippen LogP) is 5.04. The number of fused-ring (bicyclic) bond motifs is 1. The van der Waals surface area contributed by atoms with E-state index in [0.717, 1.165) is 28.7 Å². The largest absolute Gasteiger partial charge is 0.433 e. The molecule has 0 aliphatic heterocycles. The van der Waals surface area contributed by atoms with E-state index < -0.39 is 18.0 Å². The molecule has 0 aliphatic rings. The highest BCUT2D eigenvalue weighted by molar-refractivity contribution is 6.08. The van der Waals surface area contributed by atoms with Crippen molar-refractivity contribution < 1.29 is 22.7 Å². The molecule has 0 saturated carbocycles. The molecule has 1 amide bonds. The molecule has 0 aliphatic carbocycles. The van der Waals surface area contributed by atoms with Crippen molar-refractivity contribution in [2.75, 3.05) is 6.54 Å². The third-order valence-corrected chi connectivity index (χ3v) is 5.38. The molecule has 10 heteroatoms. The molecule has 1 N–H and O–H groups in total. The number of aryl methyl sites for hydroxylation is 1. The summed E-state index contributed by atoms with van der Waals surface area (Å²) in [6, 6.07) is 9.62. The number of aromatic nitrogens is 4. The van der Waals surface area contributed by atoms with Crippen LogP contribution in [0.2, 0.25) is 0 Å². The topological polar surface area (TPSA) is 81.9 Å². The van der Waals surface area contributed by atoms with Gasteiger partial charge in [0.15, 0.2) is 0 Å². The summed E-state index contributed by atoms with van der Waals surface area (Å²) in [5.41, 5.74) is 1.57. The number of ether oxygens (including phenoxy) is 1. The van der Waals surface area contributed by atoms with Crippen molar-refractivity contribution >= 4 is 16.8 Å². The highest BCUT2D eigenvalue weighted by atomic mass is 19.4. The Hall–Kier alpha value is -3.79. The van der Waals surface area contributed by atoms with E-state index in [-0.39, 0.29) is 18.6 Å². The summed E-state index contributed by atoms with van der Waals surface area (Å²) in [7, 11) is 0. The van der Waals surface area contributed by atoms with Crippen molar-refractivity contribution in [2.45, 2.75) is 39.2 Å². The lowest BCUT2D eigenvalue weighted by Crippen LogP contribution is -2.30. The smallest absolute Gasteiger partial charge is 0.369 e. The van der Waals surface area contributed by atoms with Gasteiger partial charge < -0.3 is 10.1 Å². The number of amides is 1. The molecule has 0 saturated heterocycles. The lowest BCUT2D eigenvalue weighted by atomic mass is 10.1. The van der Waals surface area contributed by atoms with E-state index in [1.165, 1.54) is 6.07 Å². The molecular formula is C25H24F3N5O2. The normalized spacial score (nSPS) is 12.8. The molecule has 0 bridgehead atoms. The number of hydrogen-bond acceptors (Lipinski definition) is 5. The zero-order valence-corrected chi connectivity index (χ0v) is 19.4. The van der Waals surface area contributed by atoms with Crippen LogP contribution in [-0.4, -0.2) is 38.1 Å². The van der Waals surface area contributed by atoms with Gasteiger partial charge in [-0.05, 0) is 44.5 Å². The van der Waals surface area contributed by atoms with Crippen molar-refractivity contribution in [3.8, 4) is 5.95 Å². The average Bonchev–Trinajstić information content (AvgIpc) is 3.23. The van der Waals surface area contributed by atoms with Gasteiger partial charge in [-0.25, -0.2) is 9.97 Å². The maximum absolute atomic E-state index is 13.3. The summed E-state index contributed by atoms with van der Waals surface area (Å²) < 4.78 is 46.3. The lowest BCUT2D eigenvalue weighted by Gasteiger charge is -2.21. The van der Waals surface area contributed by atoms with Gasteiger partial charge in [0.1, 0.15) is 11.8 Å². The molecule has 4 rings (SSSR count). The van der Waals surface area contributed by atoms with Gasteiger partial charge in [0.25, 0.3) is 5.91 Å². The van der Waals surface area contributed by atoms with E-state index in [0.29, 0.717) is 17.1 Å². The summed E-state index contributed by atoms with van der Waals surface area (Å²) in [6.07, 6.45) is 0.616. The molecule has 0 radical (unpaired) electrons. The van der Waals surface area contributed by atoms with Crippen LogP contribution in [0.4, 0.5) is 13.2 Å². The highest BCUT2D eigenvalue weighted by Crippen LogP contribution is 2.29. The number of carbonyl (C=O) groups is 1. The maximum atomic E-state index is 13.3. The van der Waals surface area contributed by atoms with E-state index in [1.807, 2.05) is 39.0 Å². The molecule has 1 aromatic carbocycles. The number of halogens is 3. The Morgan fingerprint density at radius 1 is 1.09 bits per heavy atom. The molecule has 1 unspecified atom stereocenters. The van der Waals surface area contributed by atoms with Gasteiger partial charge in [0.2, 0.25) is 5.95 Å². The Morgan fingerprint density at radius 3 is 2.46 bits per heavy atom. The second-order valence-corrected chi connectivity index (χ2v) is 8.29. The summed E-state index contributed by atoms with van der Waals surface area (Å²) in [4.78, 5) is 25.4. The quantitative estimate of drug-likeness (QED) is 0.398. The van der Waals surface area contributed by atoms with Crippen molar-refractivity contribution in [3.63, 3.8) is 0 Å². The fraction of sp³-hybridized carbons (Fsp3) is 0.280. The number of pyridine rings is 1. The monoisotopic (exact) mass is 483 g/mol. The van der Waals surface area contributed by atoms with Gasteiger partial charge in [0.05, 0.1) is 17.2 Å². The highest BCUT2D eigenvalue weighted by Gasteiger charge is 2.32. The molecule has 7 nitrogen and oxygen atoms in total. The fourth-order valence-corrected chi connectivity index (χ4v) is 3.84. The molecule has 0 fully saturated rings. The number of hydrogen-bond donors (Lipinski definition) is 1. The summed E-state index contributed by atoms with van der Waals surface area (Å²) >= 11 is 0. The number of nitrogens with one attached hydrogen (secondary N) is 1. The predicted molar refractivity (Wildman–Crippen MR) is 124 cm³/mol. The minimum Gasteiger partial charge on any atom is -0.369 e. The van der Waals surface area contributed by atoms with Crippen LogP contribution in [0.15, 0.2) is 61.2 Å². The fourth-order valence-electron chi connectivity index (χ4n) is 3.84. The van der Waals surface area contributed by atoms with Gasteiger partial charge in [-0.15, -0.1) is 0 Å². The van der Waals surface area contributed by atoms with E-state index in [4.69, 9.17) is 4.74 Å². The number of alkyl halides is 3. The van der Waals surface area contributed by atoms with Crippen LogP contribution < -0.4 is 5.32 Å². The van der Waals surface area contributed by atoms with Gasteiger partial charge in [-0.2, -0.15) is 13.2 Å². The first-order chi connectivity index (χ1) is 16.6. The Morgan fingerprint density at radius 2 is 1.83 bits per heavy atom. The van der Waals surface area contributed by atoms with Gasteiger partial charge in [-0.1, -0.05) is 18.2 Å². The van der Waals surface area contributed by atoms with Crippen LogP contribution in [0.5, 0.6) is 0 Å². The number of benzene rings is 1. The molecule has 3 aromatic heterocycles. The molecule has 1 atom stereocenters. The van der Waals surface area contributed by atoms with E-state index in [2.05, 4.69) is 20.3 Å². The van der Waals surface area contributed by atoms with Crippen LogP contribution >= 0.6 is 0 Å². The third-order valence-electron chi connectivity index (χ3n) is 5.38. The Labute approximate surface area is 200 Å². The Kier molecular flexibility index (Phi) is 6.83. The molecule has 4 aromatic rings. The molecule has 182 valence electrons. The zero-order chi connectivity index (χ0) is 25.2. The SMILES string of the molecule is Cc1cccc2c1c(C(=O)NCC(OC(C)C)c1ccc(C(F)(F)F)nc1)cn2-c1ncccn1. The minimum absolute atomic E-state index is 0.0461. The summed E-state index contributed by atoms with van der Waals surface area (Å²) in [5.74, 6) is 0.0789. The standard InChI is InChI=1S/C25H24F3N5O2/c1-15(2)35-20(17-8-9-21(31-12-17)25(26,27)28)13-32-23(34)18-14-33(24-29-10-5-11-30-24)19-7-4-6-16(3)22(18)19/h4-12,14-15,20H,13H2,1-3H3,(H,32,34). The third kappa shape index (κ3) is 5.32. The van der Waals surface area contributed by atoms with Crippen molar-refractivity contribution in [1.82, 2.24) is 24.8 Å². The lowest BCUT2D eigenvalue weighted by molar-refractivity contribution is -0.141. The van der Waals surface area contributed by atoms with E-state index >= 15 is 0 Å². The van der Waals surface area contributed by atoms with Crippen molar-refractivity contribution in [3.05, 3.63) is 83.6 Å². The Bertz CT molecular complexity index is 1320. The van der Waals surface area contributed by atoms with E-state index in [1.54, 1.807) is 29.2 Å². The van der Waals surface area contributed by atoms with Crippen LogP contribution in [0.3, 0.4) is 0 Å². The first-order valence-corrected chi connectivity index (χ1v) is 11.0.